The predicted octanol–water partition coefficient (Wildman–Crippen LogP) is 1.60. The standard InChI is InChI=1S/C15H24N4O2/c1-20-13-10-14(21-2)18-15(17-13)19-9-4-3-7-12(19)11-6-5-8-16-11/h10-12,16H,3-9H2,1-2H3. The third-order valence-corrected chi connectivity index (χ3v) is 4.45. The Kier molecular flexibility index (Phi) is 4.43. The van der Waals surface area contributed by atoms with E-state index < -0.39 is 0 Å². The van der Waals surface area contributed by atoms with Gasteiger partial charge in [-0.15, -0.1) is 0 Å². The zero-order chi connectivity index (χ0) is 14.7. The third-order valence-electron chi connectivity index (χ3n) is 4.45. The minimum atomic E-state index is 0.470. The zero-order valence-electron chi connectivity index (χ0n) is 12.8. The van der Waals surface area contributed by atoms with Crippen molar-refractivity contribution in [3.63, 3.8) is 0 Å². The van der Waals surface area contributed by atoms with Crippen LogP contribution in [0.4, 0.5) is 5.95 Å². The molecule has 0 aliphatic carbocycles. The number of methoxy groups -OCH3 is 2. The maximum atomic E-state index is 5.28. The summed E-state index contributed by atoms with van der Waals surface area (Å²) in [5.41, 5.74) is 0. The molecule has 2 saturated heterocycles. The van der Waals surface area contributed by atoms with Crippen LogP contribution in [0.5, 0.6) is 11.8 Å². The summed E-state index contributed by atoms with van der Waals surface area (Å²) < 4.78 is 10.6. The van der Waals surface area contributed by atoms with E-state index in [1.807, 2.05) is 0 Å². The lowest BCUT2D eigenvalue weighted by molar-refractivity contribution is 0.354. The lowest BCUT2D eigenvalue weighted by atomic mass is 9.95. The summed E-state index contributed by atoms with van der Waals surface area (Å²) in [6.07, 6.45) is 6.16. The molecule has 1 aromatic rings. The topological polar surface area (TPSA) is 59.5 Å². The molecule has 3 rings (SSSR count). The van der Waals surface area contributed by atoms with Gasteiger partial charge in [0.05, 0.1) is 20.3 Å². The lowest BCUT2D eigenvalue weighted by Crippen LogP contribution is -2.51. The van der Waals surface area contributed by atoms with Crippen molar-refractivity contribution in [3.05, 3.63) is 6.07 Å². The number of hydrogen-bond acceptors (Lipinski definition) is 6. The molecule has 6 nitrogen and oxygen atoms in total. The van der Waals surface area contributed by atoms with Gasteiger partial charge in [0.15, 0.2) is 0 Å². The molecule has 2 unspecified atom stereocenters. The van der Waals surface area contributed by atoms with E-state index in [9.17, 15) is 0 Å². The molecule has 1 N–H and O–H groups in total. The first-order chi connectivity index (χ1) is 10.3. The average Bonchev–Trinajstić information content (AvgIpc) is 3.08. The fourth-order valence-electron chi connectivity index (χ4n) is 3.39. The number of aromatic nitrogens is 2. The van der Waals surface area contributed by atoms with Gasteiger partial charge in [0.25, 0.3) is 0 Å². The number of hydrogen-bond donors (Lipinski definition) is 1. The summed E-state index contributed by atoms with van der Waals surface area (Å²) in [5.74, 6) is 1.84. The second-order valence-electron chi connectivity index (χ2n) is 5.71. The highest BCUT2D eigenvalue weighted by Crippen LogP contribution is 2.29. The van der Waals surface area contributed by atoms with Gasteiger partial charge in [-0.2, -0.15) is 9.97 Å². The van der Waals surface area contributed by atoms with Gasteiger partial charge >= 0.3 is 0 Å². The van der Waals surface area contributed by atoms with Gasteiger partial charge in [0.1, 0.15) is 0 Å². The van der Waals surface area contributed by atoms with Crippen molar-refractivity contribution in [2.75, 3.05) is 32.2 Å². The molecule has 116 valence electrons. The monoisotopic (exact) mass is 292 g/mol. The first-order valence-corrected chi connectivity index (χ1v) is 7.79. The SMILES string of the molecule is COc1cc(OC)nc(N2CCCCC2C2CCCN2)n1. The summed E-state index contributed by atoms with van der Waals surface area (Å²) in [5, 5.41) is 3.62. The van der Waals surface area contributed by atoms with Crippen LogP contribution in [0.3, 0.4) is 0 Å². The van der Waals surface area contributed by atoms with Gasteiger partial charge in [0, 0.05) is 18.6 Å². The number of nitrogens with zero attached hydrogens (tertiary/aromatic N) is 3. The van der Waals surface area contributed by atoms with Crippen molar-refractivity contribution in [2.24, 2.45) is 0 Å². The largest absolute Gasteiger partial charge is 0.481 e. The van der Waals surface area contributed by atoms with Gasteiger partial charge in [-0.05, 0) is 38.6 Å². The minimum Gasteiger partial charge on any atom is -0.481 e. The summed E-state index contributed by atoms with van der Waals surface area (Å²) in [6.45, 7) is 2.12. The summed E-state index contributed by atoms with van der Waals surface area (Å²) in [6, 6.07) is 2.74. The Bertz CT molecular complexity index is 454. The van der Waals surface area contributed by atoms with E-state index in [1.165, 1.54) is 32.1 Å². The number of nitrogens with one attached hydrogen (secondary N) is 1. The van der Waals surface area contributed by atoms with E-state index in [4.69, 9.17) is 9.47 Å². The quantitative estimate of drug-likeness (QED) is 0.909. The van der Waals surface area contributed by atoms with Crippen LogP contribution in [0.1, 0.15) is 32.1 Å². The van der Waals surface area contributed by atoms with Crippen LogP contribution in [0.25, 0.3) is 0 Å². The fraction of sp³-hybridized carbons (Fsp3) is 0.733. The van der Waals surface area contributed by atoms with Crippen molar-refractivity contribution in [1.82, 2.24) is 15.3 Å². The molecule has 2 atom stereocenters. The smallest absolute Gasteiger partial charge is 0.232 e. The molecule has 0 radical (unpaired) electrons. The van der Waals surface area contributed by atoms with Gasteiger partial charge in [0.2, 0.25) is 17.7 Å². The van der Waals surface area contributed by atoms with E-state index in [-0.39, 0.29) is 0 Å². The summed E-state index contributed by atoms with van der Waals surface area (Å²) in [4.78, 5) is 11.4. The third kappa shape index (κ3) is 3.05. The molecule has 2 fully saturated rings. The minimum absolute atomic E-state index is 0.470. The second kappa shape index (κ2) is 6.47. The molecule has 0 aromatic carbocycles. The summed E-state index contributed by atoms with van der Waals surface area (Å²) >= 11 is 0. The van der Waals surface area contributed by atoms with E-state index in [2.05, 4.69) is 20.2 Å². The predicted molar refractivity (Wildman–Crippen MR) is 81.1 cm³/mol. The number of anilines is 1. The van der Waals surface area contributed by atoms with Crippen molar-refractivity contribution < 1.29 is 9.47 Å². The van der Waals surface area contributed by atoms with Crippen molar-refractivity contribution in [3.8, 4) is 11.8 Å². The molecule has 0 spiro atoms. The summed E-state index contributed by atoms with van der Waals surface area (Å²) in [7, 11) is 3.25. The maximum absolute atomic E-state index is 5.28. The Labute approximate surface area is 125 Å². The highest BCUT2D eigenvalue weighted by Gasteiger charge is 2.33. The van der Waals surface area contributed by atoms with Crippen LogP contribution in [-0.2, 0) is 0 Å². The van der Waals surface area contributed by atoms with Crippen LogP contribution in [-0.4, -0.2) is 49.4 Å². The Morgan fingerprint density at radius 2 is 1.86 bits per heavy atom. The van der Waals surface area contributed by atoms with Crippen LogP contribution in [0.2, 0.25) is 0 Å². The normalized spacial score (nSPS) is 25.9. The van der Waals surface area contributed by atoms with E-state index >= 15 is 0 Å². The average molecular weight is 292 g/mol. The molecule has 0 bridgehead atoms. The van der Waals surface area contributed by atoms with Crippen LogP contribution in [0.15, 0.2) is 6.07 Å². The van der Waals surface area contributed by atoms with Crippen LogP contribution < -0.4 is 19.7 Å². The molecule has 2 aliphatic heterocycles. The van der Waals surface area contributed by atoms with Gasteiger partial charge < -0.3 is 19.7 Å². The van der Waals surface area contributed by atoms with Crippen molar-refractivity contribution >= 4 is 5.95 Å². The lowest BCUT2D eigenvalue weighted by Gasteiger charge is -2.39. The van der Waals surface area contributed by atoms with E-state index in [0.29, 0.717) is 23.8 Å². The highest BCUT2D eigenvalue weighted by atomic mass is 16.5. The Morgan fingerprint density at radius 1 is 1.10 bits per heavy atom. The van der Waals surface area contributed by atoms with Gasteiger partial charge in [-0.1, -0.05) is 0 Å². The first kappa shape index (κ1) is 14.4. The molecule has 2 aliphatic rings. The Balaban J connectivity index is 1.88. The maximum Gasteiger partial charge on any atom is 0.232 e. The molecule has 3 heterocycles. The number of piperidine rings is 1. The molecule has 21 heavy (non-hydrogen) atoms. The van der Waals surface area contributed by atoms with Crippen molar-refractivity contribution in [2.45, 2.75) is 44.2 Å². The van der Waals surface area contributed by atoms with Gasteiger partial charge in [-0.25, -0.2) is 0 Å². The number of ether oxygens (including phenoxy) is 2. The fourth-order valence-corrected chi connectivity index (χ4v) is 3.39. The molecule has 0 amide bonds. The Morgan fingerprint density at radius 3 is 2.48 bits per heavy atom. The first-order valence-electron chi connectivity index (χ1n) is 7.79. The van der Waals surface area contributed by atoms with E-state index in [1.54, 1.807) is 20.3 Å². The second-order valence-corrected chi connectivity index (χ2v) is 5.71. The zero-order valence-corrected chi connectivity index (χ0v) is 12.8. The molecular weight excluding hydrogens is 268 g/mol. The van der Waals surface area contributed by atoms with Crippen molar-refractivity contribution in [1.29, 1.82) is 0 Å². The van der Waals surface area contributed by atoms with E-state index in [0.717, 1.165) is 19.0 Å². The Hall–Kier alpha value is -1.56. The molecule has 0 saturated carbocycles. The molecular formula is C15H24N4O2. The van der Waals surface area contributed by atoms with Crippen LogP contribution >= 0.6 is 0 Å². The van der Waals surface area contributed by atoms with Crippen LogP contribution in [0, 0.1) is 0 Å². The number of rotatable bonds is 4. The molecule has 6 heteroatoms. The molecule has 1 aromatic heterocycles. The highest BCUT2D eigenvalue weighted by molar-refractivity contribution is 5.39. The van der Waals surface area contributed by atoms with Gasteiger partial charge in [-0.3, -0.25) is 0 Å².